The fourth-order valence-corrected chi connectivity index (χ4v) is 8.59. The molecule has 2 aromatic carbocycles. The average molecular weight is 679 g/mol. The van der Waals surface area contributed by atoms with E-state index in [2.05, 4.69) is 39.9 Å². The summed E-state index contributed by atoms with van der Waals surface area (Å²) in [6, 6.07) is 4.85. The predicted molar refractivity (Wildman–Crippen MR) is 169 cm³/mol. The Morgan fingerprint density at radius 2 is 1.91 bits per heavy atom. The minimum absolute atomic E-state index is 0.00146. The number of hydrogen-bond donors (Lipinski definition) is 2. The average Bonchev–Trinajstić information content (AvgIpc) is 3.28. The summed E-state index contributed by atoms with van der Waals surface area (Å²) in [4.78, 5) is 13.8. The van der Waals surface area contributed by atoms with Gasteiger partial charge in [0, 0.05) is 0 Å². The van der Waals surface area contributed by atoms with Crippen LogP contribution in [0, 0.1) is 17.0 Å². The van der Waals surface area contributed by atoms with Gasteiger partial charge in [0.25, 0.3) is 0 Å². The molecule has 11 heteroatoms. The molecule has 0 amide bonds. The number of aromatic hydroxyl groups is 1. The van der Waals surface area contributed by atoms with Crippen molar-refractivity contribution in [1.82, 2.24) is 20.2 Å². The molecule has 43 heavy (non-hydrogen) atoms. The molecule has 232 valence electrons. The standard InChI is InChI=1S/C32H40ClF2N5O2Se/c1-31(2,43-5)26-21(11-20(41)12-23(26)33)25-24(34)13-22-28(27(25)35)37-30(42-17-32(3)9-6-10-39(4)16-32)38-29(22)40-14-18-7-8-19(15-40)36-18/h11-13,18-19,36,41H,6-10,14-17H2,1-5H3/t18-,19+,32?. The van der Waals surface area contributed by atoms with Crippen molar-refractivity contribution in [3.05, 3.63) is 40.4 Å². The number of rotatable bonds is 7. The van der Waals surface area contributed by atoms with E-state index in [1.54, 1.807) is 0 Å². The van der Waals surface area contributed by atoms with E-state index in [9.17, 15) is 5.11 Å². The van der Waals surface area contributed by atoms with E-state index in [-0.39, 0.29) is 53.8 Å². The Hall–Kier alpha value is -2.23. The van der Waals surface area contributed by atoms with Crippen LogP contribution in [0.25, 0.3) is 22.0 Å². The summed E-state index contributed by atoms with van der Waals surface area (Å²) in [6.07, 6.45) is 4.20. The van der Waals surface area contributed by atoms with Crippen LogP contribution in [-0.2, 0) is 4.31 Å². The molecule has 7 nitrogen and oxygen atoms in total. The zero-order valence-electron chi connectivity index (χ0n) is 25.4. The van der Waals surface area contributed by atoms with Gasteiger partial charge in [-0.15, -0.1) is 0 Å². The summed E-state index contributed by atoms with van der Waals surface area (Å²) < 4.78 is 38.8. The van der Waals surface area contributed by atoms with E-state index < -0.39 is 15.9 Å². The van der Waals surface area contributed by atoms with Crippen molar-refractivity contribution in [2.45, 2.75) is 68.7 Å². The molecule has 4 heterocycles. The second kappa shape index (κ2) is 11.6. The van der Waals surface area contributed by atoms with Gasteiger partial charge in [-0.1, -0.05) is 0 Å². The molecule has 1 unspecified atom stereocenters. The van der Waals surface area contributed by atoms with Gasteiger partial charge in [-0.3, -0.25) is 0 Å². The van der Waals surface area contributed by atoms with Gasteiger partial charge >= 0.3 is 239 Å². The van der Waals surface area contributed by atoms with Crippen LogP contribution < -0.4 is 15.0 Å². The maximum absolute atomic E-state index is 16.8. The number of fused-ring (bicyclic) bond motifs is 3. The van der Waals surface area contributed by atoms with Crippen LogP contribution in [0.1, 0.15) is 52.0 Å². The summed E-state index contributed by atoms with van der Waals surface area (Å²) in [5.41, 5.74) is 0.488. The number of piperidine rings is 1. The van der Waals surface area contributed by atoms with Crippen LogP contribution in [0.4, 0.5) is 14.6 Å². The molecule has 1 aromatic heterocycles. The van der Waals surface area contributed by atoms with Crippen molar-refractivity contribution < 1.29 is 18.6 Å². The van der Waals surface area contributed by atoms with Crippen molar-refractivity contribution in [2.75, 3.05) is 44.7 Å². The molecule has 3 aromatic rings. The third kappa shape index (κ3) is 5.94. The van der Waals surface area contributed by atoms with Crippen LogP contribution in [-0.4, -0.2) is 86.8 Å². The van der Waals surface area contributed by atoms with Crippen molar-refractivity contribution in [1.29, 1.82) is 0 Å². The van der Waals surface area contributed by atoms with E-state index in [0.29, 0.717) is 48.5 Å². The number of hydrogen-bond acceptors (Lipinski definition) is 7. The van der Waals surface area contributed by atoms with Gasteiger partial charge in [0.2, 0.25) is 0 Å². The van der Waals surface area contributed by atoms with Crippen molar-refractivity contribution >= 4 is 43.3 Å². The summed E-state index contributed by atoms with van der Waals surface area (Å²) >= 11 is 6.69. The zero-order chi connectivity index (χ0) is 30.7. The molecule has 3 fully saturated rings. The van der Waals surface area contributed by atoms with Crippen molar-refractivity contribution in [3.63, 3.8) is 0 Å². The first-order valence-corrected chi connectivity index (χ1v) is 17.9. The minimum atomic E-state index is -0.812. The van der Waals surface area contributed by atoms with E-state index >= 15 is 8.78 Å². The van der Waals surface area contributed by atoms with Gasteiger partial charge in [-0.25, -0.2) is 0 Å². The Balaban J connectivity index is 1.51. The second-order valence-corrected chi connectivity index (χ2v) is 16.7. The number of likely N-dealkylation sites (tertiary alicyclic amines) is 1. The van der Waals surface area contributed by atoms with E-state index in [1.165, 1.54) is 18.2 Å². The Morgan fingerprint density at radius 3 is 2.58 bits per heavy atom. The van der Waals surface area contributed by atoms with Gasteiger partial charge in [-0.05, 0) is 20.0 Å². The summed E-state index contributed by atoms with van der Waals surface area (Å²) in [5, 5.41) is 14.7. The van der Waals surface area contributed by atoms with E-state index in [1.807, 2.05) is 13.8 Å². The summed E-state index contributed by atoms with van der Waals surface area (Å²) in [6.45, 7) is 9.89. The number of nitrogens with zero attached hydrogens (tertiary/aromatic N) is 4. The number of nitrogens with one attached hydrogen (secondary N) is 1. The summed E-state index contributed by atoms with van der Waals surface area (Å²) in [5.74, 6) is 0.826. The molecule has 2 bridgehead atoms. The third-order valence-electron chi connectivity index (χ3n) is 9.34. The molecular weight excluding hydrogens is 639 g/mol. The Kier molecular flexibility index (Phi) is 8.31. The van der Waals surface area contributed by atoms with Gasteiger partial charge in [0.05, 0.1) is 0 Å². The summed E-state index contributed by atoms with van der Waals surface area (Å²) in [7, 11) is 2.11. The van der Waals surface area contributed by atoms with Gasteiger partial charge in [0.1, 0.15) is 0 Å². The Morgan fingerprint density at radius 1 is 1.19 bits per heavy atom. The first kappa shape index (κ1) is 30.8. The van der Waals surface area contributed by atoms with Crippen molar-refractivity contribution in [3.8, 4) is 22.9 Å². The number of phenols is 1. The van der Waals surface area contributed by atoms with E-state index in [0.717, 1.165) is 38.8 Å². The van der Waals surface area contributed by atoms with Crippen LogP contribution in [0.15, 0.2) is 18.2 Å². The first-order valence-electron chi connectivity index (χ1n) is 15.0. The number of halogens is 3. The molecule has 3 atom stereocenters. The van der Waals surface area contributed by atoms with Crippen LogP contribution in [0.2, 0.25) is 10.8 Å². The number of piperazine rings is 1. The quantitative estimate of drug-likeness (QED) is 0.299. The first-order chi connectivity index (χ1) is 20.4. The Labute approximate surface area is 263 Å². The van der Waals surface area contributed by atoms with E-state index in [4.69, 9.17) is 21.3 Å². The number of aromatic nitrogens is 2. The zero-order valence-corrected chi connectivity index (χ0v) is 27.9. The topological polar surface area (TPSA) is 73.8 Å². The molecule has 3 saturated heterocycles. The fourth-order valence-electron chi connectivity index (χ4n) is 7.13. The molecule has 0 saturated carbocycles. The Bertz CT molecular complexity index is 1550. The SMILES string of the molecule is C[Se]C(C)(C)c1c(Cl)cc(O)cc1-c1c(F)cc2c(N3C[C@H]4CC[C@@H](C3)N4)nc(OCC3(C)CCCN(C)C3)nc2c1F. The number of ether oxygens (including phenoxy) is 1. The molecule has 6 rings (SSSR count). The molecule has 0 spiro atoms. The molecular formula is C32H40ClF2N5O2Se. The molecule has 0 aliphatic carbocycles. The number of benzene rings is 2. The number of anilines is 1. The monoisotopic (exact) mass is 679 g/mol. The van der Waals surface area contributed by atoms with Crippen LogP contribution in [0.3, 0.4) is 0 Å². The second-order valence-electron chi connectivity index (χ2n) is 13.3. The van der Waals surface area contributed by atoms with Gasteiger partial charge in [-0.2, -0.15) is 0 Å². The number of phenolic OH excluding ortho intramolecular Hbond substituents is 1. The predicted octanol–water partition coefficient (Wildman–Crippen LogP) is 5.97. The molecule has 3 aliphatic heterocycles. The van der Waals surface area contributed by atoms with Gasteiger partial charge < -0.3 is 4.90 Å². The van der Waals surface area contributed by atoms with Gasteiger partial charge in [0.15, 0.2) is 0 Å². The van der Waals surface area contributed by atoms with Crippen LogP contribution >= 0.6 is 11.6 Å². The maximum atomic E-state index is 16.8. The fraction of sp³-hybridized carbons (Fsp3) is 0.562. The third-order valence-corrected chi connectivity index (χ3v) is 12.2. The molecule has 0 radical (unpaired) electrons. The normalized spacial score (nSPS) is 24.6. The molecule has 3 aliphatic rings. The van der Waals surface area contributed by atoms with Crippen molar-refractivity contribution in [2.24, 2.45) is 5.41 Å². The molecule has 2 N–H and O–H groups in total. The van der Waals surface area contributed by atoms with Crippen LogP contribution in [0.5, 0.6) is 11.8 Å².